The maximum absolute atomic E-state index is 12.7. The number of carbonyl (C=O) groups is 4. The van der Waals surface area contributed by atoms with Gasteiger partial charge in [-0.05, 0) is 25.0 Å². The minimum Gasteiger partial charge on any atom is -0.479 e. The zero-order chi connectivity index (χ0) is 20.4. The predicted molar refractivity (Wildman–Crippen MR) is 101 cm³/mol. The van der Waals surface area contributed by atoms with Gasteiger partial charge < -0.3 is 21.1 Å². The van der Waals surface area contributed by atoms with Crippen molar-refractivity contribution in [2.24, 2.45) is 5.73 Å². The number of primary amides is 1. The lowest BCUT2D eigenvalue weighted by atomic mass is 9.71. The van der Waals surface area contributed by atoms with Crippen molar-refractivity contribution >= 4 is 35.5 Å². The summed E-state index contributed by atoms with van der Waals surface area (Å²) in [6, 6.07) is 5.94. The summed E-state index contributed by atoms with van der Waals surface area (Å²) in [7, 11) is 0. The number of benzene rings is 1. The smallest absolute Gasteiger partial charge is 0.335 e. The van der Waals surface area contributed by atoms with Gasteiger partial charge in [-0.2, -0.15) is 0 Å². The Morgan fingerprint density at radius 3 is 2.54 bits per heavy atom. The molecule has 4 atom stereocenters. The zero-order valence-electron chi connectivity index (χ0n) is 15.5. The molecule has 0 radical (unpaired) electrons. The van der Waals surface area contributed by atoms with Crippen LogP contribution in [-0.2, 0) is 24.7 Å². The largest absolute Gasteiger partial charge is 0.479 e. The van der Waals surface area contributed by atoms with Gasteiger partial charge in [-0.1, -0.05) is 24.3 Å². The number of fused-ring (bicyclic) bond motifs is 1. The standard InChI is InChI=1S/C19H21N3O5S/c1-18(2)19(17(26)27,22-13(24)8-14(22)28-18)11-6-4-3-5-9(11)10-7-12(23)21-15(10)16(20)25/h3-6,10,14-15H,7-8H2,1-2H3,(H2,20,25)(H,21,23)(H,26,27)/t10-,14-,15+,19-/m1/s1. The van der Waals surface area contributed by atoms with Crippen LogP contribution >= 0.6 is 11.8 Å². The van der Waals surface area contributed by atoms with Gasteiger partial charge in [0, 0.05) is 12.3 Å². The molecule has 0 bridgehead atoms. The topological polar surface area (TPSA) is 130 Å². The molecule has 8 nitrogen and oxygen atoms in total. The number of hydrogen-bond donors (Lipinski definition) is 3. The average molecular weight is 403 g/mol. The first-order valence-corrected chi connectivity index (χ1v) is 9.90. The van der Waals surface area contributed by atoms with E-state index >= 15 is 0 Å². The maximum atomic E-state index is 12.7. The molecule has 4 rings (SSSR count). The summed E-state index contributed by atoms with van der Waals surface area (Å²) in [5.74, 6) is -2.92. The molecule has 4 N–H and O–H groups in total. The molecule has 3 aliphatic rings. The maximum Gasteiger partial charge on any atom is 0.335 e. The lowest BCUT2D eigenvalue weighted by Gasteiger charge is -2.47. The summed E-state index contributed by atoms with van der Waals surface area (Å²) in [5, 5.41) is 12.8. The number of nitrogens with zero attached hydrogens (tertiary/aromatic N) is 1. The van der Waals surface area contributed by atoms with E-state index in [1.807, 2.05) is 13.8 Å². The second-order valence-corrected chi connectivity index (χ2v) is 9.71. The molecule has 0 aliphatic carbocycles. The van der Waals surface area contributed by atoms with Crippen LogP contribution in [0.2, 0.25) is 0 Å². The van der Waals surface area contributed by atoms with E-state index in [0.29, 0.717) is 17.5 Å². The van der Waals surface area contributed by atoms with Gasteiger partial charge in [-0.15, -0.1) is 11.8 Å². The van der Waals surface area contributed by atoms with Gasteiger partial charge in [0.15, 0.2) is 5.54 Å². The summed E-state index contributed by atoms with van der Waals surface area (Å²) < 4.78 is -0.815. The van der Waals surface area contributed by atoms with E-state index in [0.717, 1.165) is 0 Å². The molecule has 3 heterocycles. The van der Waals surface area contributed by atoms with Crippen LogP contribution in [0.3, 0.4) is 0 Å². The van der Waals surface area contributed by atoms with Crippen molar-refractivity contribution in [1.82, 2.24) is 10.2 Å². The van der Waals surface area contributed by atoms with Crippen molar-refractivity contribution in [3.05, 3.63) is 35.4 Å². The van der Waals surface area contributed by atoms with Crippen molar-refractivity contribution < 1.29 is 24.3 Å². The first-order chi connectivity index (χ1) is 13.1. The summed E-state index contributed by atoms with van der Waals surface area (Å²) in [6.07, 6.45) is 0.337. The molecule has 0 saturated carbocycles. The van der Waals surface area contributed by atoms with Crippen LogP contribution in [0.5, 0.6) is 0 Å². The molecule has 3 aliphatic heterocycles. The van der Waals surface area contributed by atoms with Gasteiger partial charge in [0.25, 0.3) is 0 Å². The molecule has 3 fully saturated rings. The zero-order valence-corrected chi connectivity index (χ0v) is 16.3. The molecule has 0 aromatic heterocycles. The lowest BCUT2D eigenvalue weighted by molar-refractivity contribution is -0.169. The van der Waals surface area contributed by atoms with Gasteiger partial charge in [0.2, 0.25) is 17.7 Å². The Morgan fingerprint density at radius 1 is 1.25 bits per heavy atom. The highest BCUT2D eigenvalue weighted by atomic mass is 32.2. The normalized spacial score (nSPS) is 33.2. The fraction of sp³-hybridized carbons (Fsp3) is 0.474. The van der Waals surface area contributed by atoms with Crippen LogP contribution in [-0.4, -0.2) is 49.9 Å². The lowest BCUT2D eigenvalue weighted by Crippen LogP contribution is -2.65. The Balaban J connectivity index is 1.94. The summed E-state index contributed by atoms with van der Waals surface area (Å²) >= 11 is 1.46. The first-order valence-electron chi connectivity index (χ1n) is 9.02. The van der Waals surface area contributed by atoms with Crippen LogP contribution in [0.15, 0.2) is 24.3 Å². The number of nitrogens with two attached hydrogens (primary N) is 1. The number of amides is 3. The van der Waals surface area contributed by atoms with E-state index < -0.39 is 34.1 Å². The van der Waals surface area contributed by atoms with Gasteiger partial charge in [0.05, 0.1) is 16.5 Å². The van der Waals surface area contributed by atoms with E-state index in [1.54, 1.807) is 24.3 Å². The number of carboxylic acid groups (broad SMARTS) is 1. The van der Waals surface area contributed by atoms with Crippen molar-refractivity contribution in [3.63, 3.8) is 0 Å². The number of carboxylic acids is 1. The highest BCUT2D eigenvalue weighted by molar-refractivity contribution is 8.01. The van der Waals surface area contributed by atoms with Crippen molar-refractivity contribution in [3.8, 4) is 0 Å². The van der Waals surface area contributed by atoms with E-state index in [-0.39, 0.29) is 23.6 Å². The van der Waals surface area contributed by atoms with Gasteiger partial charge >= 0.3 is 5.97 Å². The monoisotopic (exact) mass is 403 g/mol. The number of aliphatic carboxylic acids is 1. The highest BCUT2D eigenvalue weighted by Crippen LogP contribution is 2.62. The average Bonchev–Trinajstić information content (AvgIpc) is 3.08. The summed E-state index contributed by atoms with van der Waals surface area (Å²) in [6.45, 7) is 3.63. The van der Waals surface area contributed by atoms with Crippen LogP contribution < -0.4 is 11.1 Å². The van der Waals surface area contributed by atoms with Crippen LogP contribution in [0.25, 0.3) is 0 Å². The number of β-lactam (4-membered cyclic amide) rings is 1. The van der Waals surface area contributed by atoms with Crippen LogP contribution in [0.1, 0.15) is 43.7 Å². The second kappa shape index (κ2) is 5.97. The Morgan fingerprint density at radius 2 is 1.93 bits per heavy atom. The highest BCUT2D eigenvalue weighted by Gasteiger charge is 2.70. The van der Waals surface area contributed by atoms with E-state index in [4.69, 9.17) is 5.73 Å². The Labute approximate surface area is 165 Å². The molecular weight excluding hydrogens is 382 g/mol. The Bertz CT molecular complexity index is 917. The third-order valence-electron chi connectivity index (χ3n) is 6.06. The Kier molecular flexibility index (Phi) is 4.01. The third kappa shape index (κ3) is 2.25. The van der Waals surface area contributed by atoms with Gasteiger partial charge in [-0.25, -0.2) is 4.79 Å². The molecule has 3 saturated heterocycles. The molecular formula is C19H21N3O5S. The fourth-order valence-electron chi connectivity index (χ4n) is 4.89. The predicted octanol–water partition coefficient (Wildman–Crippen LogP) is 0.508. The second-order valence-electron chi connectivity index (χ2n) is 7.91. The van der Waals surface area contributed by atoms with Gasteiger partial charge in [-0.3, -0.25) is 14.4 Å². The van der Waals surface area contributed by atoms with E-state index in [2.05, 4.69) is 5.32 Å². The van der Waals surface area contributed by atoms with Crippen molar-refractivity contribution in [2.75, 3.05) is 0 Å². The van der Waals surface area contributed by atoms with Crippen molar-refractivity contribution in [2.45, 2.75) is 54.3 Å². The number of carbonyl (C=O) groups excluding carboxylic acids is 3. The SMILES string of the molecule is CC1(C)S[C@@H]2CC(=O)N2[C@@]1(C(=O)O)c1ccccc1[C@H]1CC(=O)N[C@@H]1C(N)=O. The van der Waals surface area contributed by atoms with Gasteiger partial charge in [0.1, 0.15) is 6.04 Å². The minimum absolute atomic E-state index is 0.0330. The summed E-state index contributed by atoms with van der Waals surface area (Å²) in [5.41, 5.74) is 4.88. The molecule has 9 heteroatoms. The number of hydrogen-bond acceptors (Lipinski definition) is 5. The number of nitrogens with one attached hydrogen (secondary N) is 1. The van der Waals surface area contributed by atoms with Crippen LogP contribution in [0.4, 0.5) is 0 Å². The number of rotatable bonds is 4. The van der Waals surface area contributed by atoms with Crippen LogP contribution in [0, 0.1) is 0 Å². The molecule has 0 spiro atoms. The van der Waals surface area contributed by atoms with Crippen molar-refractivity contribution in [1.29, 1.82) is 0 Å². The fourth-order valence-corrected chi connectivity index (χ4v) is 6.64. The molecule has 1 aromatic rings. The molecule has 148 valence electrons. The minimum atomic E-state index is -1.60. The van der Waals surface area contributed by atoms with E-state index in [1.165, 1.54) is 16.7 Å². The first kappa shape index (κ1) is 18.8. The Hall–Kier alpha value is -2.55. The molecule has 0 unspecified atom stereocenters. The summed E-state index contributed by atoms with van der Waals surface area (Å²) in [4.78, 5) is 50.5. The molecule has 1 aromatic carbocycles. The van der Waals surface area contributed by atoms with E-state index in [9.17, 15) is 24.3 Å². The molecule has 28 heavy (non-hydrogen) atoms. The number of thioether (sulfide) groups is 1. The third-order valence-corrected chi connectivity index (χ3v) is 7.59. The quantitative estimate of drug-likeness (QED) is 0.628. The molecule has 3 amide bonds.